The lowest BCUT2D eigenvalue weighted by Crippen LogP contribution is -2.39. The van der Waals surface area contributed by atoms with Gasteiger partial charge in [0.1, 0.15) is 11.6 Å². The molecule has 2 aliphatic rings. The van der Waals surface area contributed by atoms with Crippen LogP contribution in [0.5, 0.6) is 0 Å². The fourth-order valence-electron chi connectivity index (χ4n) is 4.83. The van der Waals surface area contributed by atoms with Gasteiger partial charge in [-0.25, -0.2) is 8.42 Å². The minimum atomic E-state index is -3.60. The molecule has 4 rings (SSSR count). The maximum absolute atomic E-state index is 13.6. The van der Waals surface area contributed by atoms with Crippen molar-refractivity contribution in [3.05, 3.63) is 40.0 Å². The van der Waals surface area contributed by atoms with Crippen LogP contribution in [0, 0.1) is 27.7 Å². The number of sulfonamides is 1. The second-order valence-electron chi connectivity index (χ2n) is 9.13. The summed E-state index contributed by atoms with van der Waals surface area (Å²) in [5, 5.41) is 8.89. The van der Waals surface area contributed by atoms with Gasteiger partial charge in [-0.05, 0) is 76.8 Å². The fraction of sp³-hybridized carbons (Fsp3) is 0.636. The number of hydrogen-bond acceptors (Lipinski definition) is 5. The van der Waals surface area contributed by atoms with Crippen molar-refractivity contribution in [1.29, 1.82) is 0 Å². The van der Waals surface area contributed by atoms with Crippen LogP contribution in [0.15, 0.2) is 11.0 Å². The normalized spacial score (nSPS) is 20.8. The van der Waals surface area contributed by atoms with Crippen LogP contribution in [0.25, 0.3) is 0 Å². The Balaban J connectivity index is 1.61. The van der Waals surface area contributed by atoms with E-state index in [2.05, 4.69) is 39.6 Å². The quantitative estimate of drug-likeness (QED) is 0.744. The van der Waals surface area contributed by atoms with Crippen molar-refractivity contribution in [3.8, 4) is 0 Å². The first-order chi connectivity index (χ1) is 14.1. The zero-order valence-electron chi connectivity index (χ0n) is 18.9. The summed E-state index contributed by atoms with van der Waals surface area (Å²) in [7, 11) is -3.60. The van der Waals surface area contributed by atoms with Crippen LogP contribution in [0.3, 0.4) is 0 Å². The van der Waals surface area contributed by atoms with E-state index in [1.165, 1.54) is 0 Å². The maximum atomic E-state index is 13.6. The Kier molecular flexibility index (Phi) is 5.53. The number of hydrogen-bond donors (Lipinski definition) is 0. The van der Waals surface area contributed by atoms with Gasteiger partial charge in [0.25, 0.3) is 0 Å². The van der Waals surface area contributed by atoms with E-state index in [0.717, 1.165) is 53.4 Å². The summed E-state index contributed by atoms with van der Waals surface area (Å²) in [5.74, 6) is 2.15. The second kappa shape index (κ2) is 7.73. The van der Waals surface area contributed by atoms with Gasteiger partial charge in [0.15, 0.2) is 0 Å². The molecule has 0 bridgehead atoms. The number of aryl methyl sites for hydroxylation is 2. The first kappa shape index (κ1) is 21.5. The van der Waals surface area contributed by atoms with Gasteiger partial charge in [-0.3, -0.25) is 0 Å². The SMILES string of the molecule is Cc1cc(C)c(C)c(S(=O)(=O)N2CCn3c(nnc3C3CCN(C(C)C)C3)C2)c1C. The highest BCUT2D eigenvalue weighted by Crippen LogP contribution is 2.32. The van der Waals surface area contributed by atoms with Crippen molar-refractivity contribution in [1.82, 2.24) is 24.0 Å². The van der Waals surface area contributed by atoms with Crippen molar-refractivity contribution in [2.75, 3.05) is 19.6 Å². The van der Waals surface area contributed by atoms with Gasteiger partial charge in [0.2, 0.25) is 10.0 Å². The van der Waals surface area contributed by atoms with E-state index < -0.39 is 10.0 Å². The van der Waals surface area contributed by atoms with Crippen LogP contribution in [0.1, 0.15) is 60.1 Å². The first-order valence-electron chi connectivity index (χ1n) is 10.8. The summed E-state index contributed by atoms with van der Waals surface area (Å²) in [6.07, 6.45) is 1.08. The van der Waals surface area contributed by atoms with Crippen LogP contribution in [-0.4, -0.2) is 58.1 Å². The minimum Gasteiger partial charge on any atom is -0.312 e. The van der Waals surface area contributed by atoms with Crippen LogP contribution in [-0.2, 0) is 23.1 Å². The maximum Gasteiger partial charge on any atom is 0.244 e. The van der Waals surface area contributed by atoms with Crippen LogP contribution in [0.4, 0.5) is 0 Å². The van der Waals surface area contributed by atoms with Crippen molar-refractivity contribution >= 4 is 10.0 Å². The van der Waals surface area contributed by atoms with E-state index in [4.69, 9.17) is 0 Å². The summed E-state index contributed by atoms with van der Waals surface area (Å²) in [5.41, 5.74) is 3.70. The molecule has 0 spiro atoms. The third-order valence-electron chi connectivity index (χ3n) is 6.96. The molecule has 2 aromatic rings. The van der Waals surface area contributed by atoms with Crippen LogP contribution >= 0.6 is 0 Å². The van der Waals surface area contributed by atoms with Crippen molar-refractivity contribution < 1.29 is 8.42 Å². The van der Waals surface area contributed by atoms with Crippen LogP contribution in [0.2, 0.25) is 0 Å². The summed E-state index contributed by atoms with van der Waals surface area (Å²) in [6, 6.07) is 2.59. The first-order valence-corrected chi connectivity index (χ1v) is 12.3. The highest BCUT2D eigenvalue weighted by Gasteiger charge is 2.36. The number of fused-ring (bicyclic) bond motifs is 1. The topological polar surface area (TPSA) is 71.3 Å². The second-order valence-corrected chi connectivity index (χ2v) is 11.0. The van der Waals surface area contributed by atoms with Crippen LogP contribution < -0.4 is 0 Å². The molecule has 1 saturated heterocycles. The van der Waals surface area contributed by atoms with E-state index in [0.29, 0.717) is 29.9 Å². The molecule has 8 heteroatoms. The number of nitrogens with zero attached hydrogens (tertiary/aromatic N) is 5. The Morgan fingerprint density at radius 2 is 1.67 bits per heavy atom. The molecular weight excluding hydrogens is 398 g/mol. The third kappa shape index (κ3) is 3.48. The van der Waals surface area contributed by atoms with E-state index in [1.807, 2.05) is 27.7 Å². The minimum absolute atomic E-state index is 0.280. The zero-order valence-corrected chi connectivity index (χ0v) is 19.8. The number of likely N-dealkylation sites (tertiary alicyclic amines) is 1. The summed E-state index contributed by atoms with van der Waals surface area (Å²) in [6.45, 7) is 15.6. The molecule has 0 amide bonds. The molecule has 3 heterocycles. The lowest BCUT2D eigenvalue weighted by Gasteiger charge is -2.29. The number of rotatable bonds is 4. The molecule has 164 valence electrons. The van der Waals surface area contributed by atoms with Crippen molar-refractivity contribution in [2.45, 2.75) is 77.9 Å². The molecule has 1 atom stereocenters. The number of aromatic nitrogens is 3. The predicted octanol–water partition coefficient (Wildman–Crippen LogP) is 2.91. The average Bonchev–Trinajstić information content (AvgIpc) is 3.32. The molecule has 1 unspecified atom stereocenters. The third-order valence-corrected chi connectivity index (χ3v) is 9.08. The molecule has 30 heavy (non-hydrogen) atoms. The molecule has 1 fully saturated rings. The average molecular weight is 432 g/mol. The summed E-state index contributed by atoms with van der Waals surface area (Å²) >= 11 is 0. The molecule has 2 aliphatic heterocycles. The Hall–Kier alpha value is -1.77. The molecule has 0 aliphatic carbocycles. The van der Waals surface area contributed by atoms with Crippen molar-refractivity contribution in [2.24, 2.45) is 0 Å². The Morgan fingerprint density at radius 3 is 2.27 bits per heavy atom. The van der Waals surface area contributed by atoms with E-state index in [-0.39, 0.29) is 6.54 Å². The van der Waals surface area contributed by atoms with Gasteiger partial charge in [-0.2, -0.15) is 4.31 Å². The molecule has 1 aromatic heterocycles. The van der Waals surface area contributed by atoms with E-state index in [9.17, 15) is 8.42 Å². The standard InChI is InChI=1S/C22H33N5O2S/c1-14(2)25-8-7-19(12-25)22-24-23-20-13-26(9-10-27(20)22)30(28,29)21-17(5)15(3)11-16(4)18(21)6/h11,14,19H,7-10,12-13H2,1-6H3. The van der Waals surface area contributed by atoms with E-state index >= 15 is 0 Å². The zero-order chi connectivity index (χ0) is 21.8. The Bertz CT molecular complexity index is 1050. The van der Waals surface area contributed by atoms with Gasteiger partial charge in [0, 0.05) is 31.6 Å². The lowest BCUT2D eigenvalue weighted by molar-refractivity contribution is 0.270. The fourth-order valence-corrected chi connectivity index (χ4v) is 6.79. The predicted molar refractivity (Wildman–Crippen MR) is 117 cm³/mol. The van der Waals surface area contributed by atoms with Gasteiger partial charge < -0.3 is 9.47 Å². The van der Waals surface area contributed by atoms with Crippen molar-refractivity contribution in [3.63, 3.8) is 0 Å². The number of benzene rings is 1. The highest BCUT2D eigenvalue weighted by molar-refractivity contribution is 7.89. The van der Waals surface area contributed by atoms with Gasteiger partial charge in [0.05, 0.1) is 11.4 Å². The van der Waals surface area contributed by atoms with E-state index in [1.54, 1.807) is 4.31 Å². The monoisotopic (exact) mass is 431 g/mol. The highest BCUT2D eigenvalue weighted by atomic mass is 32.2. The molecule has 7 nitrogen and oxygen atoms in total. The van der Waals surface area contributed by atoms with Gasteiger partial charge in [-0.15, -0.1) is 10.2 Å². The van der Waals surface area contributed by atoms with Gasteiger partial charge >= 0.3 is 0 Å². The Labute approximate surface area is 180 Å². The lowest BCUT2D eigenvalue weighted by atomic mass is 10.0. The summed E-state index contributed by atoms with van der Waals surface area (Å²) < 4.78 is 30.9. The Morgan fingerprint density at radius 1 is 1.00 bits per heavy atom. The largest absolute Gasteiger partial charge is 0.312 e. The molecular formula is C22H33N5O2S. The molecule has 0 radical (unpaired) electrons. The molecule has 0 N–H and O–H groups in total. The van der Waals surface area contributed by atoms with Gasteiger partial charge in [-0.1, -0.05) is 6.07 Å². The molecule has 0 saturated carbocycles. The summed E-state index contributed by atoms with van der Waals surface area (Å²) in [4.78, 5) is 2.92. The molecule has 1 aromatic carbocycles. The smallest absolute Gasteiger partial charge is 0.244 e.